The lowest BCUT2D eigenvalue weighted by atomic mass is 10.0. The molecule has 5 nitrogen and oxygen atoms in total. The molecule has 1 saturated heterocycles. The molecule has 1 saturated carbocycles. The summed E-state index contributed by atoms with van der Waals surface area (Å²) in [6.45, 7) is 0.410. The standard InChI is InChI=1S/C18H20N2O3S/c21-18(19-10-12-7-8-24(22,23)11-12)15-9-17(13-5-6-13)20-16-4-2-1-3-14(15)16/h1-4,9,12-13H,5-8,10-11H2,(H,19,21)/t12-/m0/s1. The third kappa shape index (κ3) is 3.15. The fraction of sp³-hybridized carbons (Fsp3) is 0.444. The molecule has 0 bridgehead atoms. The number of fused-ring (bicyclic) bond motifs is 1. The topological polar surface area (TPSA) is 76.1 Å². The van der Waals surface area contributed by atoms with E-state index in [1.54, 1.807) is 0 Å². The first kappa shape index (κ1) is 15.6. The Morgan fingerprint density at radius 3 is 2.71 bits per heavy atom. The maximum atomic E-state index is 12.7. The third-order valence-electron chi connectivity index (χ3n) is 4.85. The van der Waals surface area contributed by atoms with E-state index in [2.05, 4.69) is 10.3 Å². The summed E-state index contributed by atoms with van der Waals surface area (Å²) in [6.07, 6.45) is 2.89. The summed E-state index contributed by atoms with van der Waals surface area (Å²) in [5.41, 5.74) is 2.47. The van der Waals surface area contributed by atoms with Crippen molar-refractivity contribution in [3.63, 3.8) is 0 Å². The maximum absolute atomic E-state index is 12.7. The number of hydrogen-bond donors (Lipinski definition) is 1. The molecule has 0 radical (unpaired) electrons. The van der Waals surface area contributed by atoms with Gasteiger partial charge in [-0.25, -0.2) is 8.42 Å². The van der Waals surface area contributed by atoms with Gasteiger partial charge in [-0.2, -0.15) is 0 Å². The number of benzene rings is 1. The molecule has 1 atom stereocenters. The summed E-state index contributed by atoms with van der Waals surface area (Å²) in [6, 6.07) is 9.58. The molecule has 0 spiro atoms. The largest absolute Gasteiger partial charge is 0.352 e. The minimum absolute atomic E-state index is 0.0231. The van der Waals surface area contributed by atoms with Crippen LogP contribution in [-0.2, 0) is 9.84 Å². The monoisotopic (exact) mass is 344 g/mol. The van der Waals surface area contributed by atoms with Crippen LogP contribution in [0.3, 0.4) is 0 Å². The van der Waals surface area contributed by atoms with Crippen molar-refractivity contribution in [2.24, 2.45) is 5.92 Å². The van der Waals surface area contributed by atoms with Gasteiger partial charge in [0.25, 0.3) is 5.91 Å². The number of para-hydroxylation sites is 1. The lowest BCUT2D eigenvalue weighted by Crippen LogP contribution is -2.30. The van der Waals surface area contributed by atoms with Crippen molar-refractivity contribution in [3.05, 3.63) is 41.6 Å². The summed E-state index contributed by atoms with van der Waals surface area (Å²) < 4.78 is 23.1. The number of pyridine rings is 1. The number of hydrogen-bond acceptors (Lipinski definition) is 4. The van der Waals surface area contributed by atoms with Gasteiger partial charge in [0.1, 0.15) is 0 Å². The average molecular weight is 344 g/mol. The first-order valence-electron chi connectivity index (χ1n) is 8.40. The predicted molar refractivity (Wildman–Crippen MR) is 92.8 cm³/mol. The van der Waals surface area contributed by atoms with Crippen LogP contribution in [0.15, 0.2) is 30.3 Å². The van der Waals surface area contributed by atoms with Crippen molar-refractivity contribution in [2.45, 2.75) is 25.2 Å². The second-order valence-corrected chi connectivity index (χ2v) is 9.09. The van der Waals surface area contributed by atoms with Gasteiger partial charge in [-0.15, -0.1) is 0 Å². The Morgan fingerprint density at radius 1 is 1.21 bits per heavy atom. The summed E-state index contributed by atoms with van der Waals surface area (Å²) >= 11 is 0. The molecule has 1 N–H and O–H groups in total. The highest BCUT2D eigenvalue weighted by Crippen LogP contribution is 2.40. The fourth-order valence-corrected chi connectivity index (χ4v) is 5.20. The summed E-state index contributed by atoms with van der Waals surface area (Å²) in [7, 11) is -2.91. The van der Waals surface area contributed by atoms with E-state index in [0.29, 0.717) is 24.4 Å². The Hall–Kier alpha value is -1.95. The summed E-state index contributed by atoms with van der Waals surface area (Å²) in [5.74, 6) is 0.769. The molecule has 2 aromatic rings. The first-order valence-corrected chi connectivity index (χ1v) is 10.2. The van der Waals surface area contributed by atoms with E-state index in [4.69, 9.17) is 0 Å². The Bertz CT molecular complexity index is 904. The number of amides is 1. The van der Waals surface area contributed by atoms with Crippen molar-refractivity contribution in [3.8, 4) is 0 Å². The van der Waals surface area contributed by atoms with Gasteiger partial charge < -0.3 is 5.32 Å². The molecule has 126 valence electrons. The van der Waals surface area contributed by atoms with Crippen LogP contribution in [0.4, 0.5) is 0 Å². The van der Waals surface area contributed by atoms with Gasteiger partial charge in [-0.3, -0.25) is 9.78 Å². The highest BCUT2D eigenvalue weighted by Gasteiger charge is 2.29. The molecule has 1 aromatic heterocycles. The predicted octanol–water partition coefficient (Wildman–Crippen LogP) is 2.28. The molecule has 1 aliphatic carbocycles. The molecule has 2 aliphatic rings. The summed E-state index contributed by atoms with van der Waals surface area (Å²) in [4.78, 5) is 17.4. The van der Waals surface area contributed by atoms with Gasteiger partial charge in [0, 0.05) is 23.5 Å². The van der Waals surface area contributed by atoms with Crippen molar-refractivity contribution in [1.29, 1.82) is 0 Å². The van der Waals surface area contributed by atoms with Gasteiger partial charge in [0.2, 0.25) is 0 Å². The normalized spacial score (nSPS) is 22.6. The molecule has 2 heterocycles. The van der Waals surface area contributed by atoms with E-state index in [1.165, 1.54) is 0 Å². The molecule has 0 unspecified atom stereocenters. The number of rotatable bonds is 4. The number of nitrogens with one attached hydrogen (secondary N) is 1. The molecule has 1 aromatic carbocycles. The van der Waals surface area contributed by atoms with E-state index in [0.717, 1.165) is 29.4 Å². The lowest BCUT2D eigenvalue weighted by molar-refractivity contribution is 0.0950. The number of sulfone groups is 1. The van der Waals surface area contributed by atoms with Crippen LogP contribution in [0.1, 0.15) is 41.2 Å². The van der Waals surface area contributed by atoms with E-state index in [1.807, 2.05) is 30.3 Å². The minimum Gasteiger partial charge on any atom is -0.352 e. The van der Waals surface area contributed by atoms with Gasteiger partial charge in [0.05, 0.1) is 22.6 Å². The second-order valence-electron chi connectivity index (χ2n) is 6.87. The first-order chi connectivity index (χ1) is 11.5. The van der Waals surface area contributed by atoms with Crippen LogP contribution >= 0.6 is 0 Å². The molecule has 1 amide bonds. The zero-order valence-electron chi connectivity index (χ0n) is 13.4. The second kappa shape index (κ2) is 5.84. The molecular weight excluding hydrogens is 324 g/mol. The molecular formula is C18H20N2O3S. The Kier molecular flexibility index (Phi) is 3.79. The quantitative estimate of drug-likeness (QED) is 0.923. The smallest absolute Gasteiger partial charge is 0.252 e. The maximum Gasteiger partial charge on any atom is 0.252 e. The number of carbonyl (C=O) groups excluding carboxylic acids is 1. The molecule has 2 fully saturated rings. The van der Waals surface area contributed by atoms with Crippen molar-refractivity contribution < 1.29 is 13.2 Å². The molecule has 6 heteroatoms. The number of carbonyl (C=O) groups is 1. The van der Waals surface area contributed by atoms with Crippen LogP contribution in [0.5, 0.6) is 0 Å². The van der Waals surface area contributed by atoms with Gasteiger partial charge in [0.15, 0.2) is 9.84 Å². The van der Waals surface area contributed by atoms with Crippen LogP contribution in [0.25, 0.3) is 10.9 Å². The minimum atomic E-state index is -2.91. The molecule has 24 heavy (non-hydrogen) atoms. The lowest BCUT2D eigenvalue weighted by Gasteiger charge is -2.12. The van der Waals surface area contributed by atoms with Crippen molar-refractivity contribution in [1.82, 2.24) is 10.3 Å². The van der Waals surface area contributed by atoms with Crippen LogP contribution in [0, 0.1) is 5.92 Å². The number of nitrogens with zero attached hydrogens (tertiary/aromatic N) is 1. The fourth-order valence-electron chi connectivity index (χ4n) is 3.34. The van der Waals surface area contributed by atoms with Crippen molar-refractivity contribution >= 4 is 26.6 Å². The Labute approximate surface area is 141 Å². The average Bonchev–Trinajstić information content (AvgIpc) is 3.36. The SMILES string of the molecule is O=C(NC[C@@H]1CCS(=O)(=O)C1)c1cc(C2CC2)nc2ccccc12. The highest BCUT2D eigenvalue weighted by atomic mass is 32.2. The molecule has 4 rings (SSSR count). The van der Waals surface area contributed by atoms with Crippen LogP contribution < -0.4 is 5.32 Å². The number of aromatic nitrogens is 1. The van der Waals surface area contributed by atoms with E-state index < -0.39 is 9.84 Å². The van der Waals surface area contributed by atoms with E-state index in [-0.39, 0.29) is 23.3 Å². The van der Waals surface area contributed by atoms with Gasteiger partial charge in [-0.05, 0) is 37.3 Å². The van der Waals surface area contributed by atoms with Crippen molar-refractivity contribution in [2.75, 3.05) is 18.1 Å². The summed E-state index contributed by atoms with van der Waals surface area (Å²) in [5, 5.41) is 3.77. The van der Waals surface area contributed by atoms with Crippen LogP contribution in [-0.4, -0.2) is 37.4 Å². The highest BCUT2D eigenvalue weighted by molar-refractivity contribution is 7.91. The van der Waals surface area contributed by atoms with E-state index >= 15 is 0 Å². The van der Waals surface area contributed by atoms with Gasteiger partial charge in [-0.1, -0.05) is 18.2 Å². The molecule has 1 aliphatic heterocycles. The Balaban J connectivity index is 1.57. The Morgan fingerprint density at radius 2 is 2.00 bits per heavy atom. The zero-order valence-corrected chi connectivity index (χ0v) is 14.2. The van der Waals surface area contributed by atoms with E-state index in [9.17, 15) is 13.2 Å². The zero-order chi connectivity index (χ0) is 16.7. The van der Waals surface area contributed by atoms with Gasteiger partial charge >= 0.3 is 0 Å². The third-order valence-corrected chi connectivity index (χ3v) is 6.69. The van der Waals surface area contributed by atoms with Crippen LogP contribution in [0.2, 0.25) is 0 Å².